The molecule has 0 heterocycles. The molecule has 0 aliphatic carbocycles. The molecule has 3 N–H and O–H groups in total. The standard InChI is InChI=1S/C12H17F3N2O2S/c1-8-5-10(7-16)3-4-11(8)20(18,19)17-9(2)6-12(13,14)15/h3-5,9,17H,6-7,16H2,1-2H3. The van der Waals surface area contributed by atoms with Crippen molar-refractivity contribution >= 4 is 10.0 Å². The molecule has 114 valence electrons. The van der Waals surface area contributed by atoms with Gasteiger partial charge in [0.15, 0.2) is 0 Å². The SMILES string of the molecule is Cc1cc(CN)ccc1S(=O)(=O)NC(C)CC(F)(F)F. The first kappa shape index (κ1) is 16.9. The molecule has 1 atom stereocenters. The summed E-state index contributed by atoms with van der Waals surface area (Å²) < 4.78 is 62.7. The third kappa shape index (κ3) is 4.77. The summed E-state index contributed by atoms with van der Waals surface area (Å²) >= 11 is 0. The van der Waals surface area contributed by atoms with E-state index in [1.165, 1.54) is 19.1 Å². The summed E-state index contributed by atoms with van der Waals surface area (Å²) in [5.74, 6) is 0. The van der Waals surface area contributed by atoms with Gasteiger partial charge in [-0.15, -0.1) is 0 Å². The molecule has 1 aromatic carbocycles. The Morgan fingerprint density at radius 3 is 2.40 bits per heavy atom. The number of aryl methyl sites for hydroxylation is 1. The minimum atomic E-state index is -4.42. The van der Waals surface area contributed by atoms with Crippen LogP contribution in [0.5, 0.6) is 0 Å². The molecule has 0 saturated heterocycles. The maximum atomic E-state index is 12.2. The first-order valence-electron chi connectivity index (χ1n) is 5.94. The van der Waals surface area contributed by atoms with Crippen molar-refractivity contribution in [2.45, 2.75) is 43.9 Å². The molecule has 0 radical (unpaired) electrons. The Kier molecular flexibility index (Phi) is 5.17. The summed E-state index contributed by atoms with van der Waals surface area (Å²) in [6, 6.07) is 3.26. The lowest BCUT2D eigenvalue weighted by Gasteiger charge is -2.17. The van der Waals surface area contributed by atoms with Crippen molar-refractivity contribution < 1.29 is 21.6 Å². The lowest BCUT2D eigenvalue weighted by molar-refractivity contribution is -0.137. The Hall–Kier alpha value is -1.12. The lowest BCUT2D eigenvalue weighted by atomic mass is 10.1. The van der Waals surface area contributed by atoms with Crippen LogP contribution in [-0.4, -0.2) is 20.6 Å². The fraction of sp³-hybridized carbons (Fsp3) is 0.500. The van der Waals surface area contributed by atoms with E-state index in [0.717, 1.165) is 5.56 Å². The molecule has 8 heteroatoms. The second-order valence-electron chi connectivity index (χ2n) is 4.65. The zero-order valence-electron chi connectivity index (χ0n) is 11.2. The van der Waals surface area contributed by atoms with Gasteiger partial charge in [0.25, 0.3) is 0 Å². The van der Waals surface area contributed by atoms with Crippen LogP contribution in [0, 0.1) is 6.92 Å². The highest BCUT2D eigenvalue weighted by atomic mass is 32.2. The molecule has 20 heavy (non-hydrogen) atoms. The molecule has 0 aliphatic heterocycles. The van der Waals surface area contributed by atoms with Gasteiger partial charge in [0, 0.05) is 12.6 Å². The zero-order valence-corrected chi connectivity index (χ0v) is 12.0. The maximum Gasteiger partial charge on any atom is 0.390 e. The Balaban J connectivity index is 2.94. The lowest BCUT2D eigenvalue weighted by Crippen LogP contribution is -2.36. The van der Waals surface area contributed by atoms with Gasteiger partial charge in [-0.2, -0.15) is 13.2 Å². The average Bonchev–Trinajstić information content (AvgIpc) is 2.24. The van der Waals surface area contributed by atoms with Gasteiger partial charge in [-0.05, 0) is 31.0 Å². The fourth-order valence-corrected chi connectivity index (χ4v) is 3.33. The van der Waals surface area contributed by atoms with E-state index in [9.17, 15) is 21.6 Å². The molecular weight excluding hydrogens is 293 g/mol. The predicted octanol–water partition coefficient (Wildman–Crippen LogP) is 2.07. The molecule has 4 nitrogen and oxygen atoms in total. The van der Waals surface area contributed by atoms with Crippen molar-refractivity contribution in [3.8, 4) is 0 Å². The molecule has 0 aliphatic rings. The number of benzene rings is 1. The second-order valence-corrected chi connectivity index (χ2v) is 6.33. The van der Waals surface area contributed by atoms with Crippen LogP contribution in [0.2, 0.25) is 0 Å². The number of hydrogen-bond donors (Lipinski definition) is 2. The van der Waals surface area contributed by atoms with Gasteiger partial charge in [-0.25, -0.2) is 13.1 Å². The number of nitrogens with one attached hydrogen (secondary N) is 1. The Morgan fingerprint density at radius 2 is 1.95 bits per heavy atom. The van der Waals surface area contributed by atoms with Crippen LogP contribution < -0.4 is 10.5 Å². The minimum absolute atomic E-state index is 0.0382. The summed E-state index contributed by atoms with van der Waals surface area (Å²) in [5.41, 5.74) is 6.64. The van der Waals surface area contributed by atoms with E-state index in [1.54, 1.807) is 13.0 Å². The number of nitrogens with two attached hydrogens (primary N) is 1. The van der Waals surface area contributed by atoms with Crippen LogP contribution >= 0.6 is 0 Å². The van der Waals surface area contributed by atoms with Crippen molar-refractivity contribution in [2.24, 2.45) is 5.73 Å². The van der Waals surface area contributed by atoms with Crippen molar-refractivity contribution in [1.29, 1.82) is 0 Å². The summed E-state index contributed by atoms with van der Waals surface area (Å²) in [5, 5.41) is 0. The summed E-state index contributed by atoms with van der Waals surface area (Å²) in [6.45, 7) is 3.01. The van der Waals surface area contributed by atoms with Gasteiger partial charge in [-0.3, -0.25) is 0 Å². The van der Waals surface area contributed by atoms with Crippen LogP contribution in [0.4, 0.5) is 13.2 Å². The van der Waals surface area contributed by atoms with Gasteiger partial charge in [0.2, 0.25) is 10.0 Å². The van der Waals surface area contributed by atoms with E-state index in [0.29, 0.717) is 5.56 Å². The van der Waals surface area contributed by atoms with E-state index in [4.69, 9.17) is 5.73 Å². The molecule has 0 fully saturated rings. The number of sulfonamides is 1. The molecule has 1 aromatic rings. The highest BCUT2D eigenvalue weighted by Gasteiger charge is 2.32. The molecule has 0 spiro atoms. The monoisotopic (exact) mass is 310 g/mol. The van der Waals surface area contributed by atoms with Gasteiger partial charge in [-0.1, -0.05) is 12.1 Å². The summed E-state index contributed by atoms with van der Waals surface area (Å²) in [6.07, 6.45) is -5.63. The second kappa shape index (κ2) is 6.11. The van der Waals surface area contributed by atoms with E-state index in [-0.39, 0.29) is 11.4 Å². The molecule has 0 saturated carbocycles. The Morgan fingerprint density at radius 1 is 1.35 bits per heavy atom. The van der Waals surface area contributed by atoms with Gasteiger partial charge < -0.3 is 5.73 Å². The summed E-state index contributed by atoms with van der Waals surface area (Å²) in [4.78, 5) is -0.0382. The molecule has 0 bridgehead atoms. The maximum absolute atomic E-state index is 12.2. The number of rotatable bonds is 5. The van der Waals surface area contributed by atoms with E-state index < -0.39 is 28.7 Å². The van der Waals surface area contributed by atoms with Crippen LogP contribution in [-0.2, 0) is 16.6 Å². The number of alkyl halides is 3. The molecule has 1 rings (SSSR count). The number of halogens is 3. The van der Waals surface area contributed by atoms with Crippen molar-refractivity contribution in [3.63, 3.8) is 0 Å². The van der Waals surface area contributed by atoms with Gasteiger partial charge in [0.05, 0.1) is 11.3 Å². The summed E-state index contributed by atoms with van der Waals surface area (Å²) in [7, 11) is -3.98. The van der Waals surface area contributed by atoms with Gasteiger partial charge in [0.1, 0.15) is 0 Å². The quantitative estimate of drug-likeness (QED) is 0.874. The Labute approximate surface area is 116 Å². The highest BCUT2D eigenvalue weighted by molar-refractivity contribution is 7.89. The van der Waals surface area contributed by atoms with Crippen LogP contribution in [0.15, 0.2) is 23.1 Å². The average molecular weight is 310 g/mol. The molecule has 0 aromatic heterocycles. The Bertz CT molecular complexity index is 571. The van der Waals surface area contributed by atoms with Crippen molar-refractivity contribution in [1.82, 2.24) is 4.72 Å². The van der Waals surface area contributed by atoms with Crippen molar-refractivity contribution in [3.05, 3.63) is 29.3 Å². The van der Waals surface area contributed by atoms with Crippen LogP contribution in [0.3, 0.4) is 0 Å². The number of hydrogen-bond acceptors (Lipinski definition) is 3. The zero-order chi connectivity index (χ0) is 15.6. The third-order valence-corrected chi connectivity index (χ3v) is 4.41. The van der Waals surface area contributed by atoms with E-state index >= 15 is 0 Å². The first-order chi connectivity index (χ1) is 9.05. The normalized spacial score (nSPS) is 14.3. The third-order valence-electron chi connectivity index (χ3n) is 2.66. The van der Waals surface area contributed by atoms with E-state index in [1.807, 2.05) is 4.72 Å². The molecule has 1 unspecified atom stereocenters. The molecule has 0 amide bonds. The largest absolute Gasteiger partial charge is 0.390 e. The highest BCUT2D eigenvalue weighted by Crippen LogP contribution is 2.23. The topological polar surface area (TPSA) is 72.2 Å². The van der Waals surface area contributed by atoms with E-state index in [2.05, 4.69) is 0 Å². The van der Waals surface area contributed by atoms with Crippen LogP contribution in [0.1, 0.15) is 24.5 Å². The fourth-order valence-electron chi connectivity index (χ4n) is 1.86. The van der Waals surface area contributed by atoms with Gasteiger partial charge >= 0.3 is 6.18 Å². The molecular formula is C12H17F3N2O2S. The first-order valence-corrected chi connectivity index (χ1v) is 7.42. The van der Waals surface area contributed by atoms with Crippen molar-refractivity contribution in [2.75, 3.05) is 0 Å². The predicted molar refractivity (Wildman–Crippen MR) is 69.5 cm³/mol. The smallest absolute Gasteiger partial charge is 0.326 e. The van der Waals surface area contributed by atoms with Crippen LogP contribution in [0.25, 0.3) is 0 Å². The minimum Gasteiger partial charge on any atom is -0.326 e.